The van der Waals surface area contributed by atoms with Gasteiger partial charge in [-0.2, -0.15) is 5.10 Å². The number of piperidine rings is 1. The van der Waals surface area contributed by atoms with Crippen LogP contribution in [0, 0.1) is 19.8 Å². The predicted molar refractivity (Wildman–Crippen MR) is 193 cm³/mol. The number of unbranched alkanes of at least 4 members (excludes halogenated alkanes) is 3. The van der Waals surface area contributed by atoms with Crippen LogP contribution in [0.4, 0.5) is 0 Å². The maximum atomic E-state index is 10.4. The minimum absolute atomic E-state index is 0.159. The van der Waals surface area contributed by atoms with Crippen molar-refractivity contribution in [3.8, 4) is 0 Å². The summed E-state index contributed by atoms with van der Waals surface area (Å²) in [5.74, 6) is 3.14. The molecule has 2 aliphatic rings. The van der Waals surface area contributed by atoms with Crippen molar-refractivity contribution in [2.75, 3.05) is 32.4 Å². The molecular weight excluding hydrogens is 575 g/mol. The molecule has 3 aromatic rings. The molecule has 1 fully saturated rings. The monoisotopic (exact) mass is 629 g/mol. The highest BCUT2D eigenvalue weighted by molar-refractivity contribution is 7.99. The Kier molecular flexibility index (Phi) is 12.9. The first kappa shape index (κ1) is 35.0. The number of aromatic nitrogens is 1. The van der Waals surface area contributed by atoms with Gasteiger partial charge in [0, 0.05) is 48.6 Å². The first-order chi connectivity index (χ1) is 21.6. The van der Waals surface area contributed by atoms with Crippen molar-refractivity contribution >= 4 is 34.3 Å². The van der Waals surface area contributed by atoms with E-state index in [1.54, 1.807) is 6.92 Å². The van der Waals surface area contributed by atoms with Crippen molar-refractivity contribution in [3.05, 3.63) is 77.0 Å². The van der Waals surface area contributed by atoms with E-state index in [0.717, 1.165) is 65.6 Å². The third-order valence-electron chi connectivity index (χ3n) is 9.05. The SMILES string of the molecule is CCCCCCC(C)=O.Cc1ccc([C@]2(C)C[C@@H](C)CN(CCCSC3NN=C(c4cccc5nc(C)ccc45)N3C)C2)cc1. The number of nitrogens with zero attached hydrogens (tertiary/aromatic N) is 4. The van der Waals surface area contributed by atoms with Crippen LogP contribution in [-0.2, 0) is 10.2 Å². The second-order valence-electron chi connectivity index (χ2n) is 13.6. The Balaban J connectivity index is 0.000000448. The summed E-state index contributed by atoms with van der Waals surface area (Å²) in [6, 6.07) is 19.7. The standard InChI is InChI=1S/C30H39N5S.C8H16O/c1-21-10-13-24(14-11-21)30(4)18-22(2)19-35(20-30)16-7-17-36-29-33-32-28(34(29)5)26-8-6-9-27-25(26)15-12-23(3)31-27;1-3-4-5-6-7-8(2)9/h6,8-15,22,29,33H,7,16-20H2,1-5H3;3-7H2,1-2H3/t22-,29?,30-;/m1./s1. The molecule has 0 radical (unpaired) electrons. The molecule has 0 spiro atoms. The maximum absolute atomic E-state index is 10.4. The lowest BCUT2D eigenvalue weighted by molar-refractivity contribution is -0.117. The number of hydrogen-bond acceptors (Lipinski definition) is 7. The topological polar surface area (TPSA) is 60.8 Å². The molecule has 1 saturated heterocycles. The van der Waals surface area contributed by atoms with Crippen LogP contribution in [0.3, 0.4) is 0 Å². The second-order valence-corrected chi connectivity index (χ2v) is 14.7. The zero-order valence-electron chi connectivity index (χ0n) is 28.7. The fourth-order valence-electron chi connectivity index (χ4n) is 6.76. The van der Waals surface area contributed by atoms with Gasteiger partial charge in [0.15, 0.2) is 11.3 Å². The summed E-state index contributed by atoms with van der Waals surface area (Å²) in [7, 11) is 2.14. The van der Waals surface area contributed by atoms with E-state index in [4.69, 9.17) is 10.1 Å². The van der Waals surface area contributed by atoms with Gasteiger partial charge in [-0.1, -0.05) is 88.1 Å². The van der Waals surface area contributed by atoms with Gasteiger partial charge in [-0.05, 0) is 75.9 Å². The molecule has 3 atom stereocenters. The minimum atomic E-state index is 0.159. The molecule has 0 bridgehead atoms. The van der Waals surface area contributed by atoms with Crippen molar-refractivity contribution < 1.29 is 4.79 Å². The number of pyridine rings is 1. The molecule has 2 aromatic carbocycles. The minimum Gasteiger partial charge on any atom is -0.328 e. The van der Waals surface area contributed by atoms with E-state index >= 15 is 0 Å². The number of fused-ring (bicyclic) bond motifs is 1. The number of benzene rings is 2. The van der Waals surface area contributed by atoms with Gasteiger partial charge in [0.05, 0.1) is 5.52 Å². The number of aryl methyl sites for hydroxylation is 2. The first-order valence-electron chi connectivity index (χ1n) is 16.9. The van der Waals surface area contributed by atoms with Crippen molar-refractivity contribution in [3.63, 3.8) is 0 Å². The molecule has 1 aromatic heterocycles. The van der Waals surface area contributed by atoms with Crippen LogP contribution < -0.4 is 5.43 Å². The Morgan fingerprint density at radius 3 is 2.56 bits per heavy atom. The smallest absolute Gasteiger partial charge is 0.164 e. The molecular formula is C38H55N5OS. The van der Waals surface area contributed by atoms with E-state index in [1.165, 1.54) is 49.8 Å². The van der Waals surface area contributed by atoms with Gasteiger partial charge in [0.25, 0.3) is 0 Å². The van der Waals surface area contributed by atoms with Crippen LogP contribution >= 0.6 is 11.8 Å². The number of Topliss-reactive ketones (excluding diaryl/α,β-unsaturated/α-hetero) is 1. The average molecular weight is 630 g/mol. The summed E-state index contributed by atoms with van der Waals surface area (Å²) in [5.41, 5.74) is 9.77. The fraction of sp³-hybridized carbons (Fsp3) is 0.553. The highest BCUT2D eigenvalue weighted by atomic mass is 32.2. The number of likely N-dealkylation sites (tertiary alicyclic amines) is 1. The molecule has 1 unspecified atom stereocenters. The Hall–Kier alpha value is -2.90. The van der Waals surface area contributed by atoms with Crippen molar-refractivity contribution in [1.82, 2.24) is 20.2 Å². The average Bonchev–Trinajstić information content (AvgIpc) is 3.36. The predicted octanol–water partition coefficient (Wildman–Crippen LogP) is 8.30. The largest absolute Gasteiger partial charge is 0.328 e. The van der Waals surface area contributed by atoms with Gasteiger partial charge in [-0.25, -0.2) is 0 Å². The first-order valence-corrected chi connectivity index (χ1v) is 18.0. The number of nitrogens with one attached hydrogen (secondary N) is 1. The molecule has 5 rings (SSSR count). The Bertz CT molecular complexity index is 1420. The number of amidine groups is 1. The molecule has 2 aliphatic heterocycles. The van der Waals surface area contributed by atoms with Crippen LogP contribution in [0.25, 0.3) is 10.9 Å². The normalized spacial score (nSPS) is 21.7. The summed E-state index contributed by atoms with van der Waals surface area (Å²) < 4.78 is 0. The van der Waals surface area contributed by atoms with E-state index in [9.17, 15) is 4.79 Å². The van der Waals surface area contributed by atoms with Crippen molar-refractivity contribution in [2.24, 2.45) is 11.0 Å². The zero-order chi connectivity index (χ0) is 32.4. The Morgan fingerprint density at radius 2 is 1.82 bits per heavy atom. The number of carbonyl (C=O) groups excluding carboxylic acids is 1. The molecule has 3 heterocycles. The molecule has 0 amide bonds. The van der Waals surface area contributed by atoms with Gasteiger partial charge >= 0.3 is 0 Å². The quantitative estimate of drug-likeness (QED) is 0.203. The van der Waals surface area contributed by atoms with Gasteiger partial charge in [0.2, 0.25) is 0 Å². The summed E-state index contributed by atoms with van der Waals surface area (Å²) in [6.07, 6.45) is 8.05. The Morgan fingerprint density at radius 1 is 1.04 bits per heavy atom. The fourth-order valence-corrected chi connectivity index (χ4v) is 7.73. The molecule has 1 N–H and O–H groups in total. The molecule has 6 nitrogen and oxygen atoms in total. The van der Waals surface area contributed by atoms with E-state index in [0.29, 0.717) is 5.78 Å². The van der Waals surface area contributed by atoms with E-state index in [-0.39, 0.29) is 10.9 Å². The van der Waals surface area contributed by atoms with Gasteiger partial charge in [-0.15, -0.1) is 11.8 Å². The molecule has 244 valence electrons. The lowest BCUT2D eigenvalue weighted by atomic mass is 9.72. The number of hydrogen-bond donors (Lipinski definition) is 1. The summed E-state index contributed by atoms with van der Waals surface area (Å²) >= 11 is 1.94. The van der Waals surface area contributed by atoms with E-state index in [2.05, 4.69) is 105 Å². The maximum Gasteiger partial charge on any atom is 0.164 e. The van der Waals surface area contributed by atoms with Crippen molar-refractivity contribution in [1.29, 1.82) is 0 Å². The Labute approximate surface area is 276 Å². The summed E-state index contributed by atoms with van der Waals surface area (Å²) in [4.78, 5) is 20.0. The third kappa shape index (κ3) is 9.79. The van der Waals surface area contributed by atoms with Gasteiger partial charge in [-0.3, -0.25) is 10.4 Å². The van der Waals surface area contributed by atoms with Crippen LogP contribution in [0.2, 0.25) is 0 Å². The molecule has 0 aliphatic carbocycles. The molecule has 0 saturated carbocycles. The molecule has 45 heavy (non-hydrogen) atoms. The van der Waals surface area contributed by atoms with Crippen LogP contribution in [0.15, 0.2) is 59.7 Å². The zero-order valence-corrected chi connectivity index (χ0v) is 29.6. The number of ketones is 1. The van der Waals surface area contributed by atoms with Crippen LogP contribution in [0.1, 0.15) is 95.0 Å². The second kappa shape index (κ2) is 16.6. The number of carbonyl (C=O) groups is 1. The van der Waals surface area contributed by atoms with E-state index < -0.39 is 0 Å². The van der Waals surface area contributed by atoms with Crippen molar-refractivity contribution in [2.45, 2.75) is 97.4 Å². The highest BCUT2D eigenvalue weighted by Gasteiger charge is 2.35. The van der Waals surface area contributed by atoms with Gasteiger partial charge < -0.3 is 14.6 Å². The molecule has 7 heteroatoms. The number of rotatable bonds is 12. The summed E-state index contributed by atoms with van der Waals surface area (Å²) in [6.45, 7) is 16.4. The van der Waals surface area contributed by atoms with Crippen LogP contribution in [-0.4, -0.2) is 64.3 Å². The van der Waals surface area contributed by atoms with Crippen LogP contribution in [0.5, 0.6) is 0 Å². The lowest BCUT2D eigenvalue weighted by Crippen LogP contribution is -2.48. The number of thioether (sulfide) groups is 1. The third-order valence-corrected chi connectivity index (χ3v) is 10.3. The number of hydrazone groups is 1. The highest BCUT2D eigenvalue weighted by Crippen LogP contribution is 2.36. The van der Waals surface area contributed by atoms with E-state index in [1.807, 2.05) is 18.7 Å². The lowest BCUT2D eigenvalue weighted by Gasteiger charge is -2.44. The van der Waals surface area contributed by atoms with Gasteiger partial charge in [0.1, 0.15) is 5.78 Å². The summed E-state index contributed by atoms with van der Waals surface area (Å²) in [5, 5.41) is 5.86.